The van der Waals surface area contributed by atoms with Crippen LogP contribution in [0.1, 0.15) is 0 Å². The first-order valence-electron chi connectivity index (χ1n) is 6.82. The zero-order valence-electron chi connectivity index (χ0n) is 11.2. The van der Waals surface area contributed by atoms with E-state index in [0.717, 1.165) is 0 Å². The highest BCUT2D eigenvalue weighted by Crippen LogP contribution is 2.59. The van der Waals surface area contributed by atoms with Crippen molar-refractivity contribution in [1.29, 1.82) is 0 Å². The Bertz CT molecular complexity index is 458. The molecule has 20 heavy (non-hydrogen) atoms. The fourth-order valence-electron chi connectivity index (χ4n) is 4.43. The van der Waals surface area contributed by atoms with Gasteiger partial charge >= 0.3 is 11.9 Å². The predicted molar refractivity (Wildman–Crippen MR) is 64.5 cm³/mol. The number of methoxy groups -OCH3 is 2. The summed E-state index contributed by atoms with van der Waals surface area (Å²) in [5.74, 6) is -1.71. The number of rotatable bonds is 2. The fraction of sp³-hybridized carbons (Fsp3) is 0.714. The minimum Gasteiger partial charge on any atom is -0.469 e. The Kier molecular flexibility index (Phi) is 2.50. The van der Waals surface area contributed by atoms with Crippen LogP contribution in [-0.4, -0.2) is 50.6 Å². The average Bonchev–Trinajstić information content (AvgIpc) is 3.20. The molecular weight excluding hydrogens is 264 g/mol. The molecule has 4 aliphatic heterocycles. The highest BCUT2D eigenvalue weighted by molar-refractivity contribution is 5.84. The molecule has 4 rings (SSSR count). The van der Waals surface area contributed by atoms with Crippen molar-refractivity contribution in [2.24, 2.45) is 23.7 Å². The molecule has 2 unspecified atom stereocenters. The highest BCUT2D eigenvalue weighted by atomic mass is 16.6. The van der Waals surface area contributed by atoms with E-state index < -0.39 is 23.8 Å². The van der Waals surface area contributed by atoms with Crippen molar-refractivity contribution in [2.45, 2.75) is 24.4 Å². The molecule has 0 spiro atoms. The number of carbonyl (C=O) groups is 2. The van der Waals surface area contributed by atoms with Gasteiger partial charge < -0.3 is 18.9 Å². The first-order valence-corrected chi connectivity index (χ1v) is 6.82. The van der Waals surface area contributed by atoms with Gasteiger partial charge in [-0.15, -0.1) is 0 Å². The van der Waals surface area contributed by atoms with Crippen LogP contribution in [0, 0.1) is 23.7 Å². The molecule has 0 saturated carbocycles. The first kappa shape index (κ1) is 12.3. The van der Waals surface area contributed by atoms with Crippen LogP contribution in [0.15, 0.2) is 12.2 Å². The minimum atomic E-state index is -0.588. The van der Waals surface area contributed by atoms with Crippen LogP contribution in [-0.2, 0) is 28.5 Å². The lowest BCUT2D eigenvalue weighted by Crippen LogP contribution is -2.49. The van der Waals surface area contributed by atoms with E-state index in [4.69, 9.17) is 18.9 Å². The smallest absolute Gasteiger partial charge is 0.312 e. The molecule has 0 radical (unpaired) electrons. The highest BCUT2D eigenvalue weighted by Gasteiger charge is 2.70. The third-order valence-corrected chi connectivity index (χ3v) is 5.12. The largest absolute Gasteiger partial charge is 0.469 e. The van der Waals surface area contributed by atoms with E-state index >= 15 is 0 Å². The van der Waals surface area contributed by atoms with Gasteiger partial charge in [0.2, 0.25) is 0 Å². The fourth-order valence-corrected chi connectivity index (χ4v) is 4.43. The summed E-state index contributed by atoms with van der Waals surface area (Å²) in [4.78, 5) is 24.1. The monoisotopic (exact) mass is 280 g/mol. The van der Waals surface area contributed by atoms with E-state index in [1.165, 1.54) is 14.2 Å². The summed E-state index contributed by atoms with van der Waals surface area (Å²) in [6.07, 6.45) is 3.40. The number of esters is 2. The molecule has 3 saturated heterocycles. The molecule has 0 aromatic rings. The zero-order valence-corrected chi connectivity index (χ0v) is 11.2. The number of fused-ring (bicyclic) bond motifs is 9. The van der Waals surface area contributed by atoms with Crippen molar-refractivity contribution in [2.75, 3.05) is 14.2 Å². The van der Waals surface area contributed by atoms with Crippen molar-refractivity contribution in [3.05, 3.63) is 12.2 Å². The van der Waals surface area contributed by atoms with Crippen molar-refractivity contribution < 1.29 is 28.5 Å². The molecular formula is C14H16O6. The van der Waals surface area contributed by atoms with Gasteiger partial charge in [-0.2, -0.15) is 0 Å². The minimum absolute atomic E-state index is 0.00856. The van der Waals surface area contributed by atoms with Gasteiger partial charge in [0, 0.05) is 11.8 Å². The van der Waals surface area contributed by atoms with Crippen molar-refractivity contribution in [3.8, 4) is 0 Å². The lowest BCUT2D eigenvalue weighted by Gasteiger charge is -2.34. The van der Waals surface area contributed by atoms with Gasteiger partial charge in [-0.05, 0) is 0 Å². The number of carbonyl (C=O) groups excluding carboxylic acids is 2. The molecule has 4 aliphatic rings. The Morgan fingerprint density at radius 1 is 0.850 bits per heavy atom. The summed E-state index contributed by atoms with van der Waals surface area (Å²) in [7, 11) is 2.66. The molecule has 108 valence electrons. The van der Waals surface area contributed by atoms with E-state index in [1.807, 2.05) is 12.2 Å². The Morgan fingerprint density at radius 2 is 1.30 bits per heavy atom. The maximum absolute atomic E-state index is 12.1. The molecule has 0 N–H and O–H groups in total. The lowest BCUT2D eigenvalue weighted by atomic mass is 9.65. The summed E-state index contributed by atoms with van der Waals surface area (Å²) >= 11 is 0. The van der Waals surface area contributed by atoms with Crippen LogP contribution in [0.25, 0.3) is 0 Å². The van der Waals surface area contributed by atoms with Gasteiger partial charge in [0.1, 0.15) is 0 Å². The Labute approximate surface area is 116 Å². The normalized spacial score (nSPS) is 50.3. The van der Waals surface area contributed by atoms with Crippen molar-refractivity contribution in [1.82, 2.24) is 0 Å². The molecule has 0 aromatic heterocycles. The lowest BCUT2D eigenvalue weighted by molar-refractivity contribution is -0.159. The number of hydrogen-bond donors (Lipinski definition) is 0. The van der Waals surface area contributed by atoms with Crippen molar-refractivity contribution >= 4 is 11.9 Å². The predicted octanol–water partition coefficient (Wildman–Crippen LogP) is -0.0846. The Morgan fingerprint density at radius 3 is 1.70 bits per heavy atom. The van der Waals surface area contributed by atoms with E-state index in [2.05, 4.69) is 0 Å². The van der Waals surface area contributed by atoms with E-state index in [0.29, 0.717) is 0 Å². The number of hydrogen-bond acceptors (Lipinski definition) is 6. The quantitative estimate of drug-likeness (QED) is 0.520. The Hall–Kier alpha value is -1.40. The maximum Gasteiger partial charge on any atom is 0.312 e. The third kappa shape index (κ3) is 1.31. The van der Waals surface area contributed by atoms with Crippen LogP contribution in [0.2, 0.25) is 0 Å². The molecule has 6 nitrogen and oxygen atoms in total. The molecule has 3 fully saturated rings. The average molecular weight is 280 g/mol. The number of ether oxygens (including phenoxy) is 4. The van der Waals surface area contributed by atoms with Crippen LogP contribution in [0.4, 0.5) is 0 Å². The van der Waals surface area contributed by atoms with Gasteiger partial charge in [-0.25, -0.2) is 0 Å². The molecule has 4 bridgehead atoms. The van der Waals surface area contributed by atoms with Crippen LogP contribution < -0.4 is 0 Å². The van der Waals surface area contributed by atoms with E-state index in [1.54, 1.807) is 0 Å². The first-order chi connectivity index (χ1) is 9.67. The third-order valence-electron chi connectivity index (χ3n) is 5.12. The van der Waals surface area contributed by atoms with Crippen LogP contribution >= 0.6 is 0 Å². The van der Waals surface area contributed by atoms with Gasteiger partial charge in [-0.1, -0.05) is 12.2 Å². The molecule has 6 heteroatoms. The zero-order chi connectivity index (χ0) is 14.0. The summed E-state index contributed by atoms with van der Waals surface area (Å²) in [6, 6.07) is 0. The summed E-state index contributed by atoms with van der Waals surface area (Å²) < 4.78 is 21.5. The molecule has 8 atom stereocenters. The van der Waals surface area contributed by atoms with Gasteiger partial charge in [0.25, 0.3) is 0 Å². The second-order valence-corrected chi connectivity index (χ2v) is 5.77. The van der Waals surface area contributed by atoms with E-state index in [9.17, 15) is 9.59 Å². The summed E-state index contributed by atoms with van der Waals surface area (Å²) in [5.41, 5.74) is 0. The molecule has 0 aromatic carbocycles. The maximum atomic E-state index is 12.1. The van der Waals surface area contributed by atoms with Crippen molar-refractivity contribution in [3.63, 3.8) is 0 Å². The SMILES string of the molecule is COC(=O)C1C(C(=O)OC)[C@@H]2O[C@H]1[C@@H]1[C@H]2[C@H]2C=C[C@@H]1O2. The summed E-state index contributed by atoms with van der Waals surface area (Å²) in [6.45, 7) is 0. The Balaban J connectivity index is 1.72. The standard InChI is InChI=1S/C14H16O6/c1-17-13(15)9-10(14(16)18-2)12-8-6-4-3-5(19-6)7(8)11(9)20-12/h3-12H,1-2H3/t5-,6+,7-,8+,9?,10?,11-,12+. The second kappa shape index (κ2) is 4.05. The molecule has 0 aliphatic carbocycles. The van der Waals surface area contributed by atoms with Crippen LogP contribution in [0.3, 0.4) is 0 Å². The molecule has 4 heterocycles. The van der Waals surface area contributed by atoms with Gasteiger partial charge in [0.15, 0.2) is 0 Å². The topological polar surface area (TPSA) is 71.1 Å². The van der Waals surface area contributed by atoms with E-state index in [-0.39, 0.29) is 36.3 Å². The van der Waals surface area contributed by atoms with Gasteiger partial charge in [0.05, 0.1) is 50.5 Å². The second-order valence-electron chi connectivity index (χ2n) is 5.77. The van der Waals surface area contributed by atoms with Gasteiger partial charge in [-0.3, -0.25) is 9.59 Å². The molecule has 0 amide bonds. The summed E-state index contributed by atoms with van der Waals surface area (Å²) in [5, 5.41) is 0. The van der Waals surface area contributed by atoms with Crippen LogP contribution in [0.5, 0.6) is 0 Å².